The van der Waals surface area contributed by atoms with Crippen molar-refractivity contribution in [1.29, 1.82) is 0 Å². The summed E-state index contributed by atoms with van der Waals surface area (Å²) in [6, 6.07) is 10.0. The summed E-state index contributed by atoms with van der Waals surface area (Å²) in [5, 5.41) is 8.56. The lowest BCUT2D eigenvalue weighted by Gasteiger charge is -2.19. The van der Waals surface area contributed by atoms with Crippen LogP contribution in [0.3, 0.4) is 0 Å². The van der Waals surface area contributed by atoms with Gasteiger partial charge in [0.2, 0.25) is 0 Å². The van der Waals surface area contributed by atoms with Crippen LogP contribution in [0, 0.1) is 0 Å². The van der Waals surface area contributed by atoms with Crippen molar-refractivity contribution < 1.29 is 4.74 Å². The normalized spacial score (nSPS) is 12.3. The molecule has 0 amide bonds. The quantitative estimate of drug-likeness (QED) is 0.781. The molecular formula is C16H20ClNOS. The Balaban J connectivity index is 1.89. The van der Waals surface area contributed by atoms with E-state index < -0.39 is 0 Å². The molecule has 1 heterocycles. The van der Waals surface area contributed by atoms with Gasteiger partial charge in [-0.15, -0.1) is 0 Å². The SMILES string of the molecule is CCCNC(COc1cccc(Cl)c1)Cc1ccsc1. The lowest BCUT2D eigenvalue weighted by Crippen LogP contribution is -2.37. The Labute approximate surface area is 129 Å². The van der Waals surface area contributed by atoms with Crippen LogP contribution in [-0.4, -0.2) is 19.2 Å². The van der Waals surface area contributed by atoms with Crippen molar-refractivity contribution in [2.75, 3.05) is 13.2 Å². The van der Waals surface area contributed by atoms with E-state index in [1.807, 2.05) is 24.3 Å². The maximum atomic E-state index is 5.96. The molecule has 0 spiro atoms. The fraction of sp³-hybridized carbons (Fsp3) is 0.375. The second-order valence-electron chi connectivity index (χ2n) is 4.76. The highest BCUT2D eigenvalue weighted by atomic mass is 35.5. The van der Waals surface area contributed by atoms with Gasteiger partial charge in [-0.2, -0.15) is 11.3 Å². The molecule has 1 atom stereocenters. The molecule has 0 saturated heterocycles. The molecule has 2 rings (SSSR count). The Morgan fingerprint density at radius 2 is 2.25 bits per heavy atom. The van der Waals surface area contributed by atoms with Crippen molar-refractivity contribution >= 4 is 22.9 Å². The number of thiophene rings is 1. The third-order valence-corrected chi connectivity index (χ3v) is 3.96. The highest BCUT2D eigenvalue weighted by Gasteiger charge is 2.10. The molecule has 1 N–H and O–H groups in total. The minimum absolute atomic E-state index is 0.323. The second-order valence-corrected chi connectivity index (χ2v) is 5.97. The van der Waals surface area contributed by atoms with E-state index in [1.54, 1.807) is 11.3 Å². The highest BCUT2D eigenvalue weighted by Crippen LogP contribution is 2.17. The van der Waals surface area contributed by atoms with E-state index in [-0.39, 0.29) is 0 Å². The van der Waals surface area contributed by atoms with Crippen LogP contribution in [0.2, 0.25) is 5.02 Å². The van der Waals surface area contributed by atoms with Gasteiger partial charge in [0.05, 0.1) is 0 Å². The molecule has 2 nitrogen and oxygen atoms in total. The zero-order valence-electron chi connectivity index (χ0n) is 11.6. The third-order valence-electron chi connectivity index (χ3n) is 2.99. The van der Waals surface area contributed by atoms with E-state index >= 15 is 0 Å². The molecule has 0 saturated carbocycles. The number of hydrogen-bond donors (Lipinski definition) is 1. The largest absolute Gasteiger partial charge is 0.492 e. The minimum Gasteiger partial charge on any atom is -0.492 e. The van der Waals surface area contributed by atoms with Gasteiger partial charge >= 0.3 is 0 Å². The predicted molar refractivity (Wildman–Crippen MR) is 87.1 cm³/mol. The molecule has 1 unspecified atom stereocenters. The smallest absolute Gasteiger partial charge is 0.120 e. The number of rotatable bonds is 8. The molecule has 4 heteroatoms. The summed E-state index contributed by atoms with van der Waals surface area (Å²) in [5.74, 6) is 0.825. The van der Waals surface area contributed by atoms with Crippen LogP contribution in [0.25, 0.3) is 0 Å². The zero-order valence-corrected chi connectivity index (χ0v) is 13.2. The summed E-state index contributed by atoms with van der Waals surface area (Å²) < 4.78 is 5.85. The molecule has 0 aliphatic rings. The van der Waals surface area contributed by atoms with E-state index in [2.05, 4.69) is 29.1 Å². The van der Waals surface area contributed by atoms with Crippen molar-refractivity contribution in [3.8, 4) is 5.75 Å². The lowest BCUT2D eigenvalue weighted by molar-refractivity contribution is 0.263. The zero-order chi connectivity index (χ0) is 14.2. The standard InChI is InChI=1S/C16H20ClNOS/c1-2-7-18-15(9-13-6-8-20-12-13)11-19-16-5-3-4-14(17)10-16/h3-6,8,10,12,15,18H,2,7,9,11H2,1H3. The molecule has 0 radical (unpaired) electrons. The molecule has 0 aliphatic carbocycles. The number of hydrogen-bond acceptors (Lipinski definition) is 3. The van der Waals surface area contributed by atoms with Gasteiger partial charge < -0.3 is 10.1 Å². The van der Waals surface area contributed by atoms with Gasteiger partial charge in [0.1, 0.15) is 12.4 Å². The molecule has 0 aliphatic heterocycles. The summed E-state index contributed by atoms with van der Waals surface area (Å²) in [4.78, 5) is 0. The van der Waals surface area contributed by atoms with Crippen molar-refractivity contribution in [3.05, 3.63) is 51.7 Å². The molecular weight excluding hydrogens is 290 g/mol. The molecule has 0 bridgehead atoms. The summed E-state index contributed by atoms with van der Waals surface area (Å²) in [7, 11) is 0. The van der Waals surface area contributed by atoms with E-state index in [4.69, 9.17) is 16.3 Å². The first-order valence-electron chi connectivity index (χ1n) is 6.90. The van der Waals surface area contributed by atoms with Crippen LogP contribution in [0.5, 0.6) is 5.75 Å². The first kappa shape index (κ1) is 15.4. The fourth-order valence-electron chi connectivity index (χ4n) is 1.99. The molecule has 2 aromatic rings. The summed E-state index contributed by atoms with van der Waals surface area (Å²) >= 11 is 7.70. The third kappa shape index (κ3) is 5.16. The molecule has 0 fully saturated rings. The number of benzene rings is 1. The van der Waals surface area contributed by atoms with Gasteiger partial charge in [-0.25, -0.2) is 0 Å². The van der Waals surface area contributed by atoms with Gasteiger partial charge in [-0.1, -0.05) is 24.6 Å². The maximum absolute atomic E-state index is 5.96. The van der Waals surface area contributed by atoms with E-state index in [9.17, 15) is 0 Å². The monoisotopic (exact) mass is 309 g/mol. The summed E-state index contributed by atoms with van der Waals surface area (Å²) in [6.45, 7) is 3.83. The van der Waals surface area contributed by atoms with E-state index in [1.165, 1.54) is 5.56 Å². The number of halogens is 1. The fourth-order valence-corrected chi connectivity index (χ4v) is 2.85. The van der Waals surface area contributed by atoms with Gasteiger partial charge in [0, 0.05) is 11.1 Å². The molecule has 1 aromatic heterocycles. The number of nitrogens with one attached hydrogen (secondary N) is 1. The minimum atomic E-state index is 0.323. The van der Waals surface area contributed by atoms with Gasteiger partial charge in [-0.3, -0.25) is 0 Å². The van der Waals surface area contributed by atoms with Crippen LogP contribution < -0.4 is 10.1 Å². The Bertz CT molecular complexity index is 501. The van der Waals surface area contributed by atoms with Gasteiger partial charge in [0.25, 0.3) is 0 Å². The first-order chi connectivity index (χ1) is 9.78. The predicted octanol–water partition coefficient (Wildman–Crippen LogP) is 4.39. The number of ether oxygens (including phenoxy) is 1. The van der Waals surface area contributed by atoms with Crippen molar-refractivity contribution in [2.45, 2.75) is 25.8 Å². The van der Waals surface area contributed by atoms with Crippen molar-refractivity contribution in [1.82, 2.24) is 5.32 Å². The summed E-state index contributed by atoms with van der Waals surface area (Å²) in [6.07, 6.45) is 2.11. The van der Waals surface area contributed by atoms with Crippen LogP contribution in [0.1, 0.15) is 18.9 Å². The topological polar surface area (TPSA) is 21.3 Å². The van der Waals surface area contributed by atoms with Crippen LogP contribution in [0.4, 0.5) is 0 Å². The maximum Gasteiger partial charge on any atom is 0.120 e. The molecule has 108 valence electrons. The Hall–Kier alpha value is -1.03. The van der Waals surface area contributed by atoms with E-state index in [0.29, 0.717) is 17.7 Å². The van der Waals surface area contributed by atoms with Gasteiger partial charge in [-0.05, 0) is 60.0 Å². The average Bonchev–Trinajstić information content (AvgIpc) is 2.95. The van der Waals surface area contributed by atoms with E-state index in [0.717, 1.165) is 25.1 Å². The average molecular weight is 310 g/mol. The van der Waals surface area contributed by atoms with Crippen LogP contribution in [-0.2, 0) is 6.42 Å². The highest BCUT2D eigenvalue weighted by molar-refractivity contribution is 7.07. The van der Waals surface area contributed by atoms with Crippen molar-refractivity contribution in [2.24, 2.45) is 0 Å². The van der Waals surface area contributed by atoms with Crippen LogP contribution in [0.15, 0.2) is 41.1 Å². The van der Waals surface area contributed by atoms with Crippen LogP contribution >= 0.6 is 22.9 Å². The van der Waals surface area contributed by atoms with Gasteiger partial charge in [0.15, 0.2) is 0 Å². The first-order valence-corrected chi connectivity index (χ1v) is 8.23. The van der Waals surface area contributed by atoms with Crippen molar-refractivity contribution in [3.63, 3.8) is 0 Å². The Morgan fingerprint density at radius 1 is 1.35 bits per heavy atom. The molecule has 1 aromatic carbocycles. The summed E-state index contributed by atoms with van der Waals surface area (Å²) in [5.41, 5.74) is 1.36. The Kier molecular flexibility index (Phi) is 6.37. The lowest BCUT2D eigenvalue weighted by atomic mass is 10.1. The Morgan fingerprint density at radius 3 is 2.95 bits per heavy atom. The second kappa shape index (κ2) is 8.30. The molecule has 20 heavy (non-hydrogen) atoms.